The molecule has 0 aliphatic rings. The fraction of sp³-hybridized carbons (Fsp3) is 0.556. The zero-order chi connectivity index (χ0) is 13.8. The molecule has 1 unspecified atom stereocenters. The van der Waals surface area contributed by atoms with Crippen molar-refractivity contribution in [3.63, 3.8) is 0 Å². The van der Waals surface area contributed by atoms with Crippen LogP contribution in [0.15, 0.2) is 42.5 Å². The third-order valence-electron chi connectivity index (χ3n) is 3.15. The minimum absolute atomic E-state index is 0.265. The van der Waals surface area contributed by atoms with E-state index in [-0.39, 0.29) is 5.41 Å². The Labute approximate surface area is 113 Å². The van der Waals surface area contributed by atoms with E-state index in [2.05, 4.69) is 84.0 Å². The molecule has 0 amide bonds. The van der Waals surface area contributed by atoms with Crippen LogP contribution in [0.25, 0.3) is 0 Å². The highest BCUT2D eigenvalue weighted by molar-refractivity contribution is 5.23. The van der Waals surface area contributed by atoms with Crippen molar-refractivity contribution >= 4 is 0 Å². The van der Waals surface area contributed by atoms with E-state index in [9.17, 15) is 0 Å². The third-order valence-corrected chi connectivity index (χ3v) is 3.15. The molecule has 100 valence electrons. The molecular formula is C18H28. The zero-order valence-electron chi connectivity index (χ0n) is 12.8. The van der Waals surface area contributed by atoms with Gasteiger partial charge in [0.15, 0.2) is 0 Å². The Balaban J connectivity index is 2.69. The van der Waals surface area contributed by atoms with E-state index in [4.69, 9.17) is 0 Å². The van der Waals surface area contributed by atoms with Gasteiger partial charge in [-0.05, 0) is 28.7 Å². The number of allylic oxidation sites excluding steroid dienone is 2. The van der Waals surface area contributed by atoms with Crippen LogP contribution in [0.5, 0.6) is 0 Å². The topological polar surface area (TPSA) is 0 Å². The first-order valence-corrected chi connectivity index (χ1v) is 6.94. The smallest absolute Gasteiger partial charge is 0.00102 e. The van der Waals surface area contributed by atoms with E-state index in [1.165, 1.54) is 12.0 Å². The standard InChI is InChI=1S/C18H28/c1-15(16-10-8-7-9-11-16)12-13-18(5,6)14-17(2,3)4/h7-13,15H,14H2,1-6H3/b13-12+. The monoisotopic (exact) mass is 244 g/mol. The van der Waals surface area contributed by atoms with Gasteiger partial charge in [-0.3, -0.25) is 0 Å². The molecule has 0 spiro atoms. The van der Waals surface area contributed by atoms with Crippen LogP contribution in [-0.2, 0) is 0 Å². The van der Waals surface area contributed by atoms with Crippen molar-refractivity contribution in [2.24, 2.45) is 10.8 Å². The molecule has 0 aliphatic heterocycles. The van der Waals surface area contributed by atoms with Gasteiger partial charge in [-0.25, -0.2) is 0 Å². The minimum atomic E-state index is 0.265. The summed E-state index contributed by atoms with van der Waals surface area (Å²) in [7, 11) is 0. The van der Waals surface area contributed by atoms with Gasteiger partial charge in [0.1, 0.15) is 0 Å². The molecule has 0 heterocycles. The highest BCUT2D eigenvalue weighted by Gasteiger charge is 2.22. The maximum atomic E-state index is 2.38. The Hall–Kier alpha value is -1.04. The largest absolute Gasteiger partial charge is 0.0822 e. The van der Waals surface area contributed by atoms with Crippen molar-refractivity contribution in [1.82, 2.24) is 0 Å². The Bertz CT molecular complexity index is 376. The normalized spacial score (nSPS) is 15.0. The number of benzene rings is 1. The number of hydrogen-bond acceptors (Lipinski definition) is 0. The minimum Gasteiger partial charge on any atom is -0.0822 e. The first-order valence-electron chi connectivity index (χ1n) is 6.94. The summed E-state index contributed by atoms with van der Waals surface area (Å²) in [4.78, 5) is 0. The van der Waals surface area contributed by atoms with Crippen molar-refractivity contribution in [3.8, 4) is 0 Å². The van der Waals surface area contributed by atoms with Crippen molar-refractivity contribution in [3.05, 3.63) is 48.0 Å². The molecule has 1 aromatic carbocycles. The highest BCUT2D eigenvalue weighted by atomic mass is 14.3. The summed E-state index contributed by atoms with van der Waals surface area (Å²) < 4.78 is 0. The van der Waals surface area contributed by atoms with Crippen LogP contribution in [0.3, 0.4) is 0 Å². The maximum Gasteiger partial charge on any atom is -0.00102 e. The predicted molar refractivity (Wildman–Crippen MR) is 81.9 cm³/mol. The van der Waals surface area contributed by atoms with Crippen molar-refractivity contribution in [1.29, 1.82) is 0 Å². The molecule has 1 aromatic rings. The Morgan fingerprint density at radius 2 is 1.56 bits per heavy atom. The van der Waals surface area contributed by atoms with E-state index in [1.54, 1.807) is 0 Å². The third kappa shape index (κ3) is 5.53. The predicted octanol–water partition coefficient (Wildman–Crippen LogP) is 5.81. The van der Waals surface area contributed by atoms with E-state index in [0.29, 0.717) is 11.3 Å². The number of hydrogen-bond donors (Lipinski definition) is 0. The molecule has 0 saturated carbocycles. The molecular weight excluding hydrogens is 216 g/mol. The average molecular weight is 244 g/mol. The van der Waals surface area contributed by atoms with Gasteiger partial charge in [-0.15, -0.1) is 0 Å². The molecule has 0 radical (unpaired) electrons. The summed E-state index contributed by atoms with van der Waals surface area (Å²) in [6, 6.07) is 10.7. The van der Waals surface area contributed by atoms with Gasteiger partial charge in [0.25, 0.3) is 0 Å². The van der Waals surface area contributed by atoms with E-state index >= 15 is 0 Å². The molecule has 0 heteroatoms. The molecule has 0 aromatic heterocycles. The lowest BCUT2D eigenvalue weighted by Crippen LogP contribution is -2.18. The first kappa shape index (κ1) is 15.0. The van der Waals surface area contributed by atoms with Gasteiger partial charge in [0.2, 0.25) is 0 Å². The summed E-state index contributed by atoms with van der Waals surface area (Å²) >= 11 is 0. The lowest BCUT2D eigenvalue weighted by molar-refractivity contribution is 0.261. The average Bonchev–Trinajstić information content (AvgIpc) is 2.24. The Kier molecular flexibility index (Phi) is 4.78. The highest BCUT2D eigenvalue weighted by Crippen LogP contribution is 2.34. The molecule has 1 atom stereocenters. The van der Waals surface area contributed by atoms with Crippen LogP contribution in [0.4, 0.5) is 0 Å². The second-order valence-electron chi connectivity index (χ2n) is 7.28. The van der Waals surface area contributed by atoms with Gasteiger partial charge < -0.3 is 0 Å². The van der Waals surface area contributed by atoms with Crippen LogP contribution < -0.4 is 0 Å². The lowest BCUT2D eigenvalue weighted by atomic mass is 9.75. The van der Waals surface area contributed by atoms with E-state index < -0.39 is 0 Å². The maximum absolute atomic E-state index is 2.38. The van der Waals surface area contributed by atoms with Crippen LogP contribution >= 0.6 is 0 Å². The van der Waals surface area contributed by atoms with Crippen LogP contribution in [0, 0.1) is 10.8 Å². The summed E-state index contributed by atoms with van der Waals surface area (Å²) in [6.45, 7) is 13.8. The second-order valence-corrected chi connectivity index (χ2v) is 7.28. The van der Waals surface area contributed by atoms with Crippen LogP contribution in [-0.4, -0.2) is 0 Å². The lowest BCUT2D eigenvalue weighted by Gasteiger charge is -2.30. The molecule has 0 saturated heterocycles. The summed E-state index contributed by atoms with van der Waals surface area (Å²) in [6.07, 6.45) is 5.94. The molecule has 0 N–H and O–H groups in total. The molecule has 1 rings (SSSR count). The molecule has 0 aliphatic carbocycles. The fourth-order valence-electron chi connectivity index (χ4n) is 2.70. The fourth-order valence-corrected chi connectivity index (χ4v) is 2.70. The quantitative estimate of drug-likeness (QED) is 0.586. The Morgan fingerprint density at radius 1 is 1.00 bits per heavy atom. The van der Waals surface area contributed by atoms with Gasteiger partial charge in [0.05, 0.1) is 0 Å². The summed E-state index contributed by atoms with van der Waals surface area (Å²) in [5, 5.41) is 0. The van der Waals surface area contributed by atoms with E-state index in [1.807, 2.05) is 0 Å². The van der Waals surface area contributed by atoms with E-state index in [0.717, 1.165) is 0 Å². The van der Waals surface area contributed by atoms with Crippen molar-refractivity contribution in [2.45, 2.75) is 53.9 Å². The Morgan fingerprint density at radius 3 is 2.06 bits per heavy atom. The van der Waals surface area contributed by atoms with Crippen molar-refractivity contribution < 1.29 is 0 Å². The number of rotatable bonds is 4. The SMILES string of the molecule is CC(/C=C/C(C)(C)CC(C)(C)C)c1ccccc1. The van der Waals surface area contributed by atoms with Gasteiger partial charge in [-0.1, -0.05) is 84.0 Å². The van der Waals surface area contributed by atoms with Gasteiger partial charge in [-0.2, -0.15) is 0 Å². The second kappa shape index (κ2) is 5.73. The van der Waals surface area contributed by atoms with Crippen LogP contribution in [0.1, 0.15) is 59.4 Å². The van der Waals surface area contributed by atoms with Gasteiger partial charge >= 0.3 is 0 Å². The zero-order valence-corrected chi connectivity index (χ0v) is 12.8. The molecule has 0 fully saturated rings. The summed E-state index contributed by atoms with van der Waals surface area (Å²) in [5.74, 6) is 0.491. The van der Waals surface area contributed by atoms with Crippen LogP contribution in [0.2, 0.25) is 0 Å². The first-order chi connectivity index (χ1) is 8.20. The summed E-state index contributed by atoms with van der Waals surface area (Å²) in [5.41, 5.74) is 2.03. The van der Waals surface area contributed by atoms with Gasteiger partial charge in [0, 0.05) is 0 Å². The van der Waals surface area contributed by atoms with Crippen molar-refractivity contribution in [2.75, 3.05) is 0 Å². The molecule has 18 heavy (non-hydrogen) atoms. The molecule has 0 nitrogen and oxygen atoms in total. The molecule has 0 bridgehead atoms.